The van der Waals surface area contributed by atoms with Gasteiger partial charge in [0.25, 0.3) is 5.91 Å². The van der Waals surface area contributed by atoms with E-state index in [4.69, 9.17) is 5.11 Å². The second-order valence-electron chi connectivity index (χ2n) is 4.39. The molecule has 92 valence electrons. The molecule has 1 saturated carbocycles. The van der Waals surface area contributed by atoms with Crippen LogP contribution in [0.1, 0.15) is 29.6 Å². The second kappa shape index (κ2) is 5.45. The van der Waals surface area contributed by atoms with Gasteiger partial charge in [-0.3, -0.25) is 4.79 Å². The lowest BCUT2D eigenvalue weighted by Gasteiger charge is -2.12. The number of hydrogen-bond acceptors (Lipinski definition) is 3. The summed E-state index contributed by atoms with van der Waals surface area (Å²) in [4.78, 5) is 11.9. The van der Waals surface area contributed by atoms with Crippen molar-refractivity contribution in [1.82, 2.24) is 5.32 Å². The fourth-order valence-corrected chi connectivity index (χ4v) is 2.96. The molecule has 2 rings (SSSR count). The number of phenols is 1. The van der Waals surface area contributed by atoms with Crippen molar-refractivity contribution >= 4 is 17.7 Å². The molecule has 1 aliphatic carbocycles. The molecular formula is C13H17NO2S. The maximum Gasteiger partial charge on any atom is 0.251 e. The largest absolute Gasteiger partial charge is 0.508 e. The van der Waals surface area contributed by atoms with Gasteiger partial charge in [-0.25, -0.2) is 0 Å². The first-order chi connectivity index (χ1) is 8.19. The third-order valence-electron chi connectivity index (χ3n) is 3.18. The molecule has 0 bridgehead atoms. The number of benzene rings is 1. The molecule has 1 amide bonds. The molecule has 0 radical (unpaired) electrons. The lowest BCUT2D eigenvalue weighted by Crippen LogP contribution is -2.33. The van der Waals surface area contributed by atoms with Crippen LogP contribution in [0.25, 0.3) is 0 Å². The Balaban J connectivity index is 1.91. The van der Waals surface area contributed by atoms with E-state index in [2.05, 4.69) is 11.6 Å². The Labute approximate surface area is 106 Å². The zero-order valence-electron chi connectivity index (χ0n) is 9.85. The van der Waals surface area contributed by atoms with E-state index in [-0.39, 0.29) is 11.7 Å². The molecule has 2 unspecified atom stereocenters. The van der Waals surface area contributed by atoms with Crippen LogP contribution in [0.3, 0.4) is 0 Å². The maximum absolute atomic E-state index is 11.9. The van der Waals surface area contributed by atoms with Crippen LogP contribution >= 0.6 is 11.8 Å². The number of hydrogen-bond donors (Lipinski definition) is 2. The number of amides is 1. The van der Waals surface area contributed by atoms with Crippen LogP contribution in [0.4, 0.5) is 0 Å². The summed E-state index contributed by atoms with van der Waals surface area (Å²) in [7, 11) is 0. The van der Waals surface area contributed by atoms with E-state index in [0.29, 0.717) is 16.9 Å². The van der Waals surface area contributed by atoms with Crippen LogP contribution in [-0.2, 0) is 0 Å². The quantitative estimate of drug-likeness (QED) is 0.867. The summed E-state index contributed by atoms with van der Waals surface area (Å²) >= 11 is 1.88. The van der Waals surface area contributed by atoms with Crippen molar-refractivity contribution in [3.8, 4) is 5.75 Å². The predicted molar refractivity (Wildman–Crippen MR) is 70.5 cm³/mol. The van der Waals surface area contributed by atoms with Crippen LogP contribution in [0, 0.1) is 0 Å². The Bertz CT molecular complexity index is 391. The fraction of sp³-hybridized carbons (Fsp3) is 0.462. The average molecular weight is 251 g/mol. The van der Waals surface area contributed by atoms with Crippen LogP contribution in [0.2, 0.25) is 0 Å². The number of carbonyl (C=O) groups excluding carboxylic acids is 1. The molecule has 1 fully saturated rings. The summed E-state index contributed by atoms with van der Waals surface area (Å²) in [5.41, 5.74) is 0.607. The normalized spacial score (nSPS) is 23.6. The Morgan fingerprint density at radius 2 is 2.06 bits per heavy atom. The summed E-state index contributed by atoms with van der Waals surface area (Å²) in [5, 5.41) is 12.9. The molecule has 4 heteroatoms. The van der Waals surface area contributed by atoms with Crippen molar-refractivity contribution in [3.63, 3.8) is 0 Å². The van der Waals surface area contributed by atoms with Crippen molar-refractivity contribution < 1.29 is 9.90 Å². The van der Waals surface area contributed by atoms with E-state index in [1.54, 1.807) is 12.1 Å². The van der Waals surface area contributed by atoms with Gasteiger partial charge in [0.15, 0.2) is 0 Å². The molecular weight excluding hydrogens is 234 g/mol. The highest BCUT2D eigenvalue weighted by atomic mass is 32.2. The average Bonchev–Trinajstić information content (AvgIpc) is 2.77. The zero-order valence-corrected chi connectivity index (χ0v) is 10.7. The number of rotatable bonds is 3. The Kier molecular flexibility index (Phi) is 3.94. The van der Waals surface area contributed by atoms with Gasteiger partial charge in [0.05, 0.1) is 0 Å². The van der Waals surface area contributed by atoms with Crippen molar-refractivity contribution in [3.05, 3.63) is 29.8 Å². The highest BCUT2D eigenvalue weighted by Crippen LogP contribution is 2.28. The van der Waals surface area contributed by atoms with Gasteiger partial charge in [-0.05, 0) is 49.8 Å². The van der Waals surface area contributed by atoms with Crippen LogP contribution in [0.5, 0.6) is 5.75 Å². The van der Waals surface area contributed by atoms with Gasteiger partial charge in [0.2, 0.25) is 0 Å². The predicted octanol–water partition coefficient (Wildman–Crippen LogP) is 2.41. The molecule has 3 nitrogen and oxygen atoms in total. The molecule has 17 heavy (non-hydrogen) atoms. The van der Waals surface area contributed by atoms with Crippen molar-refractivity contribution in [2.75, 3.05) is 6.26 Å². The van der Waals surface area contributed by atoms with E-state index < -0.39 is 0 Å². The third-order valence-corrected chi connectivity index (χ3v) is 4.28. The second-order valence-corrected chi connectivity index (χ2v) is 5.53. The van der Waals surface area contributed by atoms with Crippen LogP contribution in [-0.4, -0.2) is 28.6 Å². The number of aromatic hydroxyl groups is 1. The smallest absolute Gasteiger partial charge is 0.251 e. The zero-order chi connectivity index (χ0) is 12.3. The molecule has 0 aliphatic heterocycles. The summed E-state index contributed by atoms with van der Waals surface area (Å²) < 4.78 is 0. The van der Waals surface area contributed by atoms with Gasteiger partial charge in [0, 0.05) is 16.9 Å². The molecule has 1 aromatic rings. The monoisotopic (exact) mass is 251 g/mol. The Hall–Kier alpha value is -1.16. The first-order valence-electron chi connectivity index (χ1n) is 5.81. The fourth-order valence-electron chi connectivity index (χ4n) is 2.17. The lowest BCUT2D eigenvalue weighted by molar-refractivity contribution is 0.0938. The highest BCUT2D eigenvalue weighted by Gasteiger charge is 2.25. The molecule has 1 aromatic carbocycles. The van der Waals surface area contributed by atoms with Gasteiger partial charge in [-0.2, -0.15) is 11.8 Å². The highest BCUT2D eigenvalue weighted by molar-refractivity contribution is 7.99. The van der Waals surface area contributed by atoms with Crippen molar-refractivity contribution in [1.29, 1.82) is 0 Å². The summed E-state index contributed by atoms with van der Waals surface area (Å²) in [6.45, 7) is 0. The van der Waals surface area contributed by atoms with E-state index in [0.717, 1.165) is 12.8 Å². The van der Waals surface area contributed by atoms with Crippen LogP contribution < -0.4 is 5.32 Å². The number of carbonyl (C=O) groups is 1. The van der Waals surface area contributed by atoms with Crippen LogP contribution in [0.15, 0.2) is 24.3 Å². The minimum absolute atomic E-state index is 0.0447. The molecule has 0 spiro atoms. The molecule has 2 N–H and O–H groups in total. The third kappa shape index (κ3) is 3.16. The minimum Gasteiger partial charge on any atom is -0.508 e. The molecule has 0 saturated heterocycles. The number of thioether (sulfide) groups is 1. The summed E-state index contributed by atoms with van der Waals surface area (Å²) in [6, 6.07) is 6.66. The lowest BCUT2D eigenvalue weighted by atomic mass is 10.2. The van der Waals surface area contributed by atoms with Gasteiger partial charge < -0.3 is 10.4 Å². The summed E-state index contributed by atoms with van der Waals surface area (Å²) in [5.74, 6) is 0.140. The van der Waals surface area contributed by atoms with Gasteiger partial charge in [-0.15, -0.1) is 0 Å². The van der Waals surface area contributed by atoms with E-state index in [9.17, 15) is 4.79 Å². The Morgan fingerprint density at radius 3 is 2.65 bits per heavy atom. The first-order valence-corrected chi connectivity index (χ1v) is 7.10. The molecule has 0 heterocycles. The number of phenolic OH excluding ortho intramolecular Hbond substituents is 1. The SMILES string of the molecule is CSC1CCC(NC(=O)c2ccc(O)cc2)C1. The van der Waals surface area contributed by atoms with Gasteiger partial charge in [-0.1, -0.05) is 0 Å². The molecule has 2 atom stereocenters. The molecule has 0 aromatic heterocycles. The first kappa shape index (κ1) is 12.3. The number of nitrogens with one attached hydrogen (secondary N) is 1. The van der Waals surface area contributed by atoms with E-state index >= 15 is 0 Å². The van der Waals surface area contributed by atoms with Gasteiger partial charge >= 0.3 is 0 Å². The van der Waals surface area contributed by atoms with Crippen molar-refractivity contribution in [2.24, 2.45) is 0 Å². The Morgan fingerprint density at radius 1 is 1.35 bits per heavy atom. The topological polar surface area (TPSA) is 49.3 Å². The summed E-state index contributed by atoms with van der Waals surface area (Å²) in [6.07, 6.45) is 5.43. The molecule has 1 aliphatic rings. The minimum atomic E-state index is -0.0447. The maximum atomic E-state index is 11.9. The van der Waals surface area contributed by atoms with E-state index in [1.165, 1.54) is 18.6 Å². The van der Waals surface area contributed by atoms with Gasteiger partial charge in [0.1, 0.15) is 5.75 Å². The van der Waals surface area contributed by atoms with Crippen molar-refractivity contribution in [2.45, 2.75) is 30.6 Å². The standard InChI is InChI=1S/C13H17NO2S/c1-17-12-7-4-10(8-12)14-13(16)9-2-5-11(15)6-3-9/h2-3,5-6,10,12,15H,4,7-8H2,1H3,(H,14,16). The van der Waals surface area contributed by atoms with E-state index in [1.807, 2.05) is 11.8 Å².